The maximum atomic E-state index is 9.24. The second kappa shape index (κ2) is 7.08. The van der Waals surface area contributed by atoms with E-state index in [-0.39, 0.29) is 0 Å². The van der Waals surface area contributed by atoms with Gasteiger partial charge in [-0.25, -0.2) is 14.6 Å². The Kier molecular flexibility index (Phi) is 4.39. The highest BCUT2D eigenvalue weighted by atomic mass is 79.9. The standard InChI is InChI=1S/C20H15BrN6O2/c1-12-8-14(10-22)25-27(12)19-15(20-28-6-7-29-20)3-5-18(24-19)26-11-23-16-4-2-13(21)9-17(16)26/h2-5,8-9,11,20H,6-7H2,1H3. The predicted molar refractivity (Wildman–Crippen MR) is 108 cm³/mol. The van der Waals surface area contributed by atoms with E-state index in [9.17, 15) is 5.26 Å². The number of fused-ring (bicyclic) bond motifs is 1. The normalized spacial score (nSPS) is 14.5. The summed E-state index contributed by atoms with van der Waals surface area (Å²) in [5.41, 5.74) is 3.67. The summed E-state index contributed by atoms with van der Waals surface area (Å²) in [7, 11) is 0. The number of rotatable bonds is 3. The molecule has 0 unspecified atom stereocenters. The molecule has 5 rings (SSSR count). The lowest BCUT2D eigenvalue weighted by atomic mass is 10.2. The Balaban J connectivity index is 1.71. The molecule has 0 bridgehead atoms. The minimum absolute atomic E-state index is 0.325. The third-order valence-electron chi connectivity index (χ3n) is 4.73. The van der Waals surface area contributed by atoms with Gasteiger partial charge in [0, 0.05) is 10.2 Å². The van der Waals surface area contributed by atoms with Crippen molar-refractivity contribution in [2.45, 2.75) is 13.2 Å². The molecule has 0 N–H and O–H groups in total. The smallest absolute Gasteiger partial charge is 0.187 e. The molecule has 1 aliphatic rings. The molecule has 29 heavy (non-hydrogen) atoms. The molecule has 1 fully saturated rings. The number of nitriles is 1. The van der Waals surface area contributed by atoms with Crippen molar-refractivity contribution in [3.63, 3.8) is 0 Å². The van der Waals surface area contributed by atoms with Gasteiger partial charge in [-0.15, -0.1) is 0 Å². The minimum atomic E-state index is -0.519. The Hall–Kier alpha value is -3.06. The SMILES string of the molecule is Cc1cc(C#N)nn1-c1nc(-n2cnc3ccc(Br)cc32)ccc1C1OCCO1. The van der Waals surface area contributed by atoms with Crippen LogP contribution in [0.4, 0.5) is 0 Å². The van der Waals surface area contributed by atoms with Gasteiger partial charge in [0.1, 0.15) is 18.2 Å². The molecular weight excluding hydrogens is 436 g/mol. The summed E-state index contributed by atoms with van der Waals surface area (Å²) in [6.45, 7) is 2.92. The zero-order valence-corrected chi connectivity index (χ0v) is 17.0. The fourth-order valence-electron chi connectivity index (χ4n) is 3.38. The van der Waals surface area contributed by atoms with Crippen LogP contribution in [0.25, 0.3) is 22.7 Å². The fraction of sp³-hybridized carbons (Fsp3) is 0.200. The van der Waals surface area contributed by atoms with E-state index in [1.807, 2.05) is 41.8 Å². The molecule has 8 nitrogen and oxygen atoms in total. The van der Waals surface area contributed by atoms with Crippen molar-refractivity contribution in [3.05, 3.63) is 64.1 Å². The Morgan fingerprint density at radius 3 is 2.76 bits per heavy atom. The molecule has 144 valence electrons. The maximum absolute atomic E-state index is 9.24. The molecule has 3 aromatic heterocycles. The minimum Gasteiger partial charge on any atom is -0.346 e. The second-order valence-corrected chi connectivity index (χ2v) is 7.51. The van der Waals surface area contributed by atoms with Crippen molar-refractivity contribution in [2.75, 3.05) is 13.2 Å². The van der Waals surface area contributed by atoms with Gasteiger partial charge in [-0.2, -0.15) is 10.4 Å². The first-order valence-corrected chi connectivity index (χ1v) is 9.77. The van der Waals surface area contributed by atoms with Gasteiger partial charge >= 0.3 is 0 Å². The molecule has 1 aromatic carbocycles. The number of pyridine rings is 1. The summed E-state index contributed by atoms with van der Waals surface area (Å²) in [6, 6.07) is 13.5. The third-order valence-corrected chi connectivity index (χ3v) is 5.22. The summed E-state index contributed by atoms with van der Waals surface area (Å²) < 4.78 is 15.9. The molecule has 0 radical (unpaired) electrons. The highest BCUT2D eigenvalue weighted by Crippen LogP contribution is 2.30. The first-order valence-electron chi connectivity index (χ1n) is 8.98. The Labute approximate surface area is 174 Å². The molecule has 1 aliphatic heterocycles. The summed E-state index contributed by atoms with van der Waals surface area (Å²) in [5.74, 6) is 1.24. The number of aryl methyl sites for hydroxylation is 1. The zero-order valence-electron chi connectivity index (χ0n) is 15.4. The van der Waals surface area contributed by atoms with E-state index >= 15 is 0 Å². The quantitative estimate of drug-likeness (QED) is 0.473. The Morgan fingerprint density at radius 2 is 2.00 bits per heavy atom. The first kappa shape index (κ1) is 18.0. The molecular formula is C20H15BrN6O2. The first-order chi connectivity index (χ1) is 14.1. The molecule has 9 heteroatoms. The molecule has 0 aliphatic carbocycles. The second-order valence-electron chi connectivity index (χ2n) is 6.60. The lowest BCUT2D eigenvalue weighted by Gasteiger charge is -2.16. The summed E-state index contributed by atoms with van der Waals surface area (Å²) in [5, 5.41) is 13.6. The Morgan fingerprint density at radius 1 is 1.17 bits per heavy atom. The van der Waals surface area contributed by atoms with Gasteiger partial charge in [-0.3, -0.25) is 4.57 Å². The summed E-state index contributed by atoms with van der Waals surface area (Å²) in [6.07, 6.45) is 1.22. The number of imidazole rings is 1. The van der Waals surface area contributed by atoms with Crippen LogP contribution in [0.3, 0.4) is 0 Å². The van der Waals surface area contributed by atoms with Crippen LogP contribution in [0.1, 0.15) is 23.2 Å². The van der Waals surface area contributed by atoms with Crippen molar-refractivity contribution in [1.29, 1.82) is 5.26 Å². The van der Waals surface area contributed by atoms with Crippen molar-refractivity contribution in [3.8, 4) is 17.7 Å². The average Bonchev–Trinajstić information content (AvgIpc) is 3.47. The Bertz CT molecular complexity index is 1270. The lowest BCUT2D eigenvalue weighted by molar-refractivity contribution is -0.0443. The van der Waals surface area contributed by atoms with Crippen LogP contribution in [0.15, 0.2) is 47.2 Å². The highest BCUT2D eigenvalue weighted by Gasteiger charge is 2.25. The number of halogens is 1. The predicted octanol–water partition coefficient (Wildman–Crippen LogP) is 3.59. The van der Waals surface area contributed by atoms with Crippen LogP contribution in [0.5, 0.6) is 0 Å². The van der Waals surface area contributed by atoms with Crippen molar-refractivity contribution in [1.82, 2.24) is 24.3 Å². The van der Waals surface area contributed by atoms with Crippen molar-refractivity contribution in [2.24, 2.45) is 0 Å². The van der Waals surface area contributed by atoms with Crippen LogP contribution in [0.2, 0.25) is 0 Å². The average molecular weight is 451 g/mol. The summed E-state index contributed by atoms with van der Waals surface area (Å²) >= 11 is 3.51. The van der Waals surface area contributed by atoms with E-state index < -0.39 is 6.29 Å². The number of hydrogen-bond acceptors (Lipinski definition) is 6. The van der Waals surface area contributed by atoms with Crippen LogP contribution in [-0.2, 0) is 9.47 Å². The van der Waals surface area contributed by atoms with Gasteiger partial charge in [0.05, 0.1) is 29.8 Å². The van der Waals surface area contributed by atoms with Crippen LogP contribution >= 0.6 is 15.9 Å². The van der Waals surface area contributed by atoms with Crippen LogP contribution < -0.4 is 0 Å². The lowest BCUT2D eigenvalue weighted by Crippen LogP contribution is -2.12. The van der Waals surface area contributed by atoms with Gasteiger partial charge in [-0.05, 0) is 43.3 Å². The molecule has 4 heterocycles. The van der Waals surface area contributed by atoms with Gasteiger partial charge in [0.25, 0.3) is 0 Å². The number of ether oxygens (including phenoxy) is 2. The van der Waals surface area contributed by atoms with Crippen LogP contribution in [-0.4, -0.2) is 37.5 Å². The third kappa shape index (κ3) is 3.11. The highest BCUT2D eigenvalue weighted by molar-refractivity contribution is 9.10. The van der Waals surface area contributed by atoms with Gasteiger partial charge in [0.2, 0.25) is 0 Å². The number of nitrogens with zero attached hydrogens (tertiary/aromatic N) is 6. The molecule has 1 saturated heterocycles. The molecule has 4 aromatic rings. The van der Waals surface area contributed by atoms with Gasteiger partial charge < -0.3 is 9.47 Å². The number of benzene rings is 1. The molecule has 0 atom stereocenters. The van der Waals surface area contributed by atoms with Crippen molar-refractivity contribution >= 4 is 27.0 Å². The summed E-state index contributed by atoms with van der Waals surface area (Å²) in [4.78, 5) is 9.32. The molecule has 0 saturated carbocycles. The van der Waals surface area contributed by atoms with Crippen molar-refractivity contribution < 1.29 is 9.47 Å². The maximum Gasteiger partial charge on any atom is 0.187 e. The largest absolute Gasteiger partial charge is 0.346 e. The zero-order chi connectivity index (χ0) is 20.0. The topological polar surface area (TPSA) is 90.8 Å². The van der Waals surface area contributed by atoms with Gasteiger partial charge in [0.15, 0.2) is 17.8 Å². The van der Waals surface area contributed by atoms with E-state index in [0.717, 1.165) is 26.8 Å². The number of aromatic nitrogens is 5. The van der Waals surface area contributed by atoms with E-state index in [1.165, 1.54) is 0 Å². The van der Waals surface area contributed by atoms with E-state index in [0.29, 0.717) is 30.5 Å². The van der Waals surface area contributed by atoms with Crippen LogP contribution in [0, 0.1) is 18.3 Å². The van der Waals surface area contributed by atoms with Gasteiger partial charge in [-0.1, -0.05) is 15.9 Å². The fourth-order valence-corrected chi connectivity index (χ4v) is 3.73. The number of hydrogen-bond donors (Lipinski definition) is 0. The molecule has 0 amide bonds. The van der Waals surface area contributed by atoms with E-state index in [1.54, 1.807) is 17.1 Å². The monoisotopic (exact) mass is 450 g/mol. The molecule has 0 spiro atoms. The van der Waals surface area contributed by atoms with E-state index in [2.05, 4.69) is 32.1 Å². The van der Waals surface area contributed by atoms with E-state index in [4.69, 9.17) is 14.5 Å².